The van der Waals surface area contributed by atoms with Gasteiger partial charge >= 0.3 is 18.2 Å². The molecule has 1 heterocycles. The number of rotatable bonds is 44. The fraction of sp³-hybridized carbons (Fsp3) is 0.514. The first-order chi connectivity index (χ1) is 48.5. The number of ketones is 2. The van der Waals surface area contributed by atoms with Gasteiger partial charge in [-0.2, -0.15) is 0 Å². The second-order valence-corrected chi connectivity index (χ2v) is 23.3. The average molecular weight is 1410 g/mol. The van der Waals surface area contributed by atoms with Crippen molar-refractivity contribution in [3.63, 3.8) is 0 Å². The van der Waals surface area contributed by atoms with Gasteiger partial charge in [0.1, 0.15) is 13.2 Å². The largest absolute Gasteiger partial charge is 0.481 e. The fourth-order valence-electron chi connectivity index (χ4n) is 8.81. The van der Waals surface area contributed by atoms with Crippen LogP contribution in [0.3, 0.4) is 0 Å². The van der Waals surface area contributed by atoms with Crippen molar-refractivity contribution in [3.05, 3.63) is 152 Å². The summed E-state index contributed by atoms with van der Waals surface area (Å²) in [6.07, 6.45) is 0.880. The minimum atomic E-state index is -0.888. The number of imide groups is 1. The Morgan fingerprint density at radius 3 is 1.30 bits per heavy atom. The van der Waals surface area contributed by atoms with Crippen LogP contribution in [0, 0.1) is 11.8 Å². The van der Waals surface area contributed by atoms with Crippen molar-refractivity contribution in [1.29, 1.82) is 0 Å². The molecule has 0 saturated carbocycles. The smallest absolute Gasteiger partial charge is 0.408 e. The van der Waals surface area contributed by atoms with Crippen molar-refractivity contribution in [2.24, 2.45) is 39.3 Å². The van der Waals surface area contributed by atoms with Crippen molar-refractivity contribution in [1.82, 2.24) is 26.2 Å². The first-order valence-electron chi connectivity index (χ1n) is 33.4. The van der Waals surface area contributed by atoms with Crippen molar-refractivity contribution < 1.29 is 81.5 Å². The maximum atomic E-state index is 12.6. The molecule has 1 aliphatic rings. The third kappa shape index (κ3) is 50.2. The number of nitrogens with two attached hydrogens (primary N) is 3. The number of carbonyl (C=O) groups is 10. The van der Waals surface area contributed by atoms with Gasteiger partial charge in [-0.3, -0.25) is 43.7 Å². The van der Waals surface area contributed by atoms with Gasteiger partial charge in [-0.1, -0.05) is 154 Å². The highest BCUT2D eigenvalue weighted by atomic mass is 16.6. The summed E-state index contributed by atoms with van der Waals surface area (Å²) in [5, 5.41) is 25.3. The highest BCUT2D eigenvalue weighted by molar-refractivity contribution is 6.01. The van der Waals surface area contributed by atoms with Gasteiger partial charge in [0.25, 0.3) is 0 Å². The number of hydrogen-bond acceptors (Lipinski definition) is 20. The van der Waals surface area contributed by atoms with Crippen LogP contribution in [0.1, 0.15) is 121 Å². The topological polar surface area (TPSA) is 473 Å². The Labute approximate surface area is 590 Å². The summed E-state index contributed by atoms with van der Waals surface area (Å²) >= 11 is 0. The third-order valence-corrected chi connectivity index (χ3v) is 13.6. The number of aliphatic carboxylic acids is 1. The number of carboxylic acids is 1. The third-order valence-electron chi connectivity index (χ3n) is 13.6. The lowest BCUT2D eigenvalue weighted by Crippen LogP contribution is -2.41. The number of azide groups is 2. The Morgan fingerprint density at radius 2 is 0.950 bits per heavy atom. The number of ether oxygens (including phenoxy) is 6. The predicted octanol–water partition coefficient (Wildman–Crippen LogP) is 8.42. The van der Waals surface area contributed by atoms with Gasteiger partial charge in [-0.25, -0.2) is 9.59 Å². The number of Topliss-reactive ketones (excluding diaryl/α,β-unsaturated/α-hetero) is 2. The summed E-state index contributed by atoms with van der Waals surface area (Å²) in [4.78, 5) is 122. The normalized spacial score (nSPS) is 11.7. The molecule has 0 spiro atoms. The number of benzene rings is 4. The number of nitrogens with one attached hydrogen (secondary N) is 4. The zero-order valence-corrected chi connectivity index (χ0v) is 58.6. The van der Waals surface area contributed by atoms with Crippen molar-refractivity contribution in [3.8, 4) is 0 Å². The SMILES string of the molecule is CCN(CC(C)C)CC(C)C.NCCOCCOCCCC(=O)C(CCC(N)=O)NC(=O)OCc1ccccc1.O=C1CCC(=O)N1.[N-]=[N+]=Nc1ccc(CC(=O)NCCOCCOCCCC(=O)C(CCC(N)=O)NC(=O)OCc2ccccc2)cc1.[N-]=[N+]=Nc1ccc(CC(=O)O)cc1. The van der Waals surface area contributed by atoms with Crippen molar-refractivity contribution >= 4 is 70.6 Å². The van der Waals surface area contributed by atoms with E-state index in [0.29, 0.717) is 109 Å². The Hall–Kier alpha value is -9.84. The van der Waals surface area contributed by atoms with Crippen LogP contribution in [0.4, 0.5) is 21.0 Å². The summed E-state index contributed by atoms with van der Waals surface area (Å²) < 4.78 is 31.8. The van der Waals surface area contributed by atoms with Crippen LogP contribution < -0.4 is 38.5 Å². The molecule has 2 atom stereocenters. The van der Waals surface area contributed by atoms with E-state index < -0.39 is 42.1 Å². The number of alkyl carbamates (subject to hydrolysis) is 2. The Bertz CT molecular complexity index is 3130. The van der Waals surface area contributed by atoms with Gasteiger partial charge in [0.05, 0.1) is 64.6 Å². The summed E-state index contributed by atoms with van der Waals surface area (Å²) in [6, 6.07) is 29.7. The van der Waals surface area contributed by atoms with E-state index in [9.17, 15) is 47.9 Å². The lowest BCUT2D eigenvalue weighted by atomic mass is 10.0. The van der Waals surface area contributed by atoms with Gasteiger partial charge in [-0.05, 0) is 77.4 Å². The molecule has 1 saturated heterocycles. The molecule has 101 heavy (non-hydrogen) atoms. The molecule has 7 amide bonds. The molecule has 0 aromatic heterocycles. The molecule has 4 aromatic carbocycles. The van der Waals surface area contributed by atoms with Gasteiger partial charge < -0.3 is 71.6 Å². The minimum Gasteiger partial charge on any atom is -0.481 e. The lowest BCUT2D eigenvalue weighted by molar-refractivity contribution is -0.136. The summed E-state index contributed by atoms with van der Waals surface area (Å²) in [6.45, 7) is 19.0. The second kappa shape index (κ2) is 57.0. The van der Waals surface area contributed by atoms with Crippen molar-refractivity contribution in [2.45, 2.75) is 137 Å². The van der Waals surface area contributed by atoms with E-state index in [1.807, 2.05) is 60.7 Å². The van der Waals surface area contributed by atoms with Crippen LogP contribution in [0.5, 0.6) is 0 Å². The van der Waals surface area contributed by atoms with E-state index in [2.05, 4.69) is 80.8 Å². The van der Waals surface area contributed by atoms with E-state index in [0.717, 1.165) is 28.5 Å². The number of amides is 7. The van der Waals surface area contributed by atoms with E-state index >= 15 is 0 Å². The lowest BCUT2D eigenvalue weighted by Gasteiger charge is -2.24. The number of carboxylic acid groups (broad SMARTS) is 1. The molecule has 0 aliphatic carbocycles. The average Bonchev–Trinajstić information content (AvgIpc) is 1.49. The van der Waals surface area contributed by atoms with Crippen molar-refractivity contribution in [2.75, 3.05) is 85.6 Å². The van der Waals surface area contributed by atoms with Crippen LogP contribution in [0.2, 0.25) is 0 Å². The highest BCUT2D eigenvalue weighted by Gasteiger charge is 2.24. The van der Waals surface area contributed by atoms with E-state index in [1.54, 1.807) is 48.5 Å². The molecule has 4 aromatic rings. The fourth-order valence-corrected chi connectivity index (χ4v) is 8.81. The van der Waals surface area contributed by atoms with Gasteiger partial charge in [0, 0.05) is 99.1 Å². The molecule has 5 rings (SSSR count). The Balaban J connectivity index is 0.000000725. The quantitative estimate of drug-likeness (QED) is 0.00677. The van der Waals surface area contributed by atoms with Crippen LogP contribution in [0.25, 0.3) is 20.9 Å². The summed E-state index contributed by atoms with van der Waals surface area (Å²) in [5.41, 5.74) is 36.3. The zero-order chi connectivity index (χ0) is 74.8. The molecule has 0 radical (unpaired) electrons. The van der Waals surface area contributed by atoms with Crippen LogP contribution in [-0.2, 0) is 92.8 Å². The zero-order valence-electron chi connectivity index (χ0n) is 58.6. The van der Waals surface area contributed by atoms with Gasteiger partial charge in [0.2, 0.25) is 29.5 Å². The maximum Gasteiger partial charge on any atom is 0.408 e. The first-order valence-corrected chi connectivity index (χ1v) is 33.4. The molecule has 31 nitrogen and oxygen atoms in total. The van der Waals surface area contributed by atoms with E-state index in [-0.39, 0.29) is 93.9 Å². The second-order valence-electron chi connectivity index (χ2n) is 23.3. The molecule has 554 valence electrons. The molecule has 2 unspecified atom stereocenters. The molecule has 0 bridgehead atoms. The summed E-state index contributed by atoms with van der Waals surface area (Å²) in [5.74, 6) is -1.28. The number of hydrogen-bond donors (Lipinski definition) is 8. The molecule has 1 aliphatic heterocycles. The predicted molar refractivity (Wildman–Crippen MR) is 377 cm³/mol. The van der Waals surface area contributed by atoms with Gasteiger partial charge in [-0.15, -0.1) is 0 Å². The highest BCUT2D eigenvalue weighted by Crippen LogP contribution is 2.15. The van der Waals surface area contributed by atoms with E-state index in [4.69, 9.17) is 61.8 Å². The van der Waals surface area contributed by atoms with Crippen LogP contribution >= 0.6 is 0 Å². The number of carbonyl (C=O) groups excluding carboxylic acids is 9. The molecule has 1 fully saturated rings. The molecule has 31 heteroatoms. The number of nitrogens with zero attached hydrogens (tertiary/aromatic N) is 7. The van der Waals surface area contributed by atoms with Gasteiger partial charge in [0.15, 0.2) is 11.6 Å². The molecular formula is C70H102N14O17. The standard InChI is InChI=1S/C28H36N6O7.C20H31N3O6.C10H23N.C8H7N3O2.C4H5NO2/c29-26(36)13-12-24(32-28(38)41-20-22-5-2-1-3-6-22)25(35)7-4-15-39-17-18-40-16-14-31-27(37)19-21-8-10-23(11-9-21)33-34-30;21-10-12-28-14-13-27-11-4-7-18(24)17(8-9-19(22)25)23-20(26)29-15-16-5-2-1-3-6-16;1-6-11(7-9(2)3)8-10(4)5;9-11-10-7-3-1-6(2-4-7)5-8(12)13;6-3-1-2-4(7)5-3/h1-3,5-6,8-11,24H,4,7,12-20H2,(H2,29,36)(H,31,37)(H,32,38);1-3,5-6,17H,4,7-15,21H2,(H2,22,25)(H,23,26);9-10H,6-8H2,1-5H3;1-4H,5H2,(H,12,13);1-2H2,(H,5,6,7). The monoisotopic (exact) mass is 1410 g/mol. The number of primary amides is 2. The summed E-state index contributed by atoms with van der Waals surface area (Å²) in [7, 11) is 0. The first kappa shape index (κ1) is 89.2. The minimum absolute atomic E-state index is 0.00957. The maximum absolute atomic E-state index is 12.6. The Morgan fingerprint density at radius 1 is 0.554 bits per heavy atom. The van der Waals surface area contributed by atoms with Crippen LogP contribution in [-0.4, -0.2) is 167 Å². The molecule has 11 N–H and O–H groups in total. The van der Waals surface area contributed by atoms with E-state index in [1.165, 1.54) is 19.6 Å². The molecular weight excluding hydrogens is 1310 g/mol. The van der Waals surface area contributed by atoms with Crippen LogP contribution in [0.15, 0.2) is 119 Å². The Kier molecular flexibility index (Phi) is 50.3.